The molecule has 4 heteroatoms. The molecule has 0 amide bonds. The summed E-state index contributed by atoms with van der Waals surface area (Å²) in [5, 5.41) is 11.3. The molecule has 88 valence electrons. The molecule has 2 rings (SSSR count). The van der Waals surface area contributed by atoms with Crippen LogP contribution >= 0.6 is 11.3 Å². The Morgan fingerprint density at radius 1 is 1.69 bits per heavy atom. The van der Waals surface area contributed by atoms with Crippen LogP contribution in [-0.4, -0.2) is 29.1 Å². The molecule has 0 bridgehead atoms. The zero-order chi connectivity index (χ0) is 11.7. The standard InChI is InChI=1S/C12H17NO2S/c1-8(2)7-13-5-3-10-9(4-6-16-10)11(13)12(14)15/h4,6,8,11H,3,5,7H2,1-2H3,(H,14,15). The van der Waals surface area contributed by atoms with Crippen LogP contribution < -0.4 is 0 Å². The molecule has 1 aliphatic heterocycles. The highest BCUT2D eigenvalue weighted by molar-refractivity contribution is 7.10. The van der Waals surface area contributed by atoms with E-state index in [1.165, 1.54) is 4.88 Å². The van der Waals surface area contributed by atoms with Crippen LogP contribution in [0.5, 0.6) is 0 Å². The maximum absolute atomic E-state index is 11.4. The van der Waals surface area contributed by atoms with Crippen molar-refractivity contribution in [3.63, 3.8) is 0 Å². The molecule has 1 unspecified atom stereocenters. The summed E-state index contributed by atoms with van der Waals surface area (Å²) in [4.78, 5) is 14.7. The average Bonchev–Trinajstić information content (AvgIpc) is 2.63. The predicted molar refractivity (Wildman–Crippen MR) is 64.8 cm³/mol. The lowest BCUT2D eigenvalue weighted by Crippen LogP contribution is -2.40. The lowest BCUT2D eigenvalue weighted by Gasteiger charge is -2.34. The third-order valence-electron chi connectivity index (χ3n) is 2.90. The number of nitrogens with zero attached hydrogens (tertiary/aromatic N) is 1. The number of hydrogen-bond acceptors (Lipinski definition) is 3. The molecule has 1 aromatic heterocycles. The van der Waals surface area contributed by atoms with E-state index < -0.39 is 12.0 Å². The van der Waals surface area contributed by atoms with Crippen LogP contribution in [0.25, 0.3) is 0 Å². The number of carboxylic acids is 1. The largest absolute Gasteiger partial charge is 0.480 e. The highest BCUT2D eigenvalue weighted by Crippen LogP contribution is 2.33. The topological polar surface area (TPSA) is 40.5 Å². The first-order valence-corrected chi connectivity index (χ1v) is 6.50. The minimum absolute atomic E-state index is 0.433. The van der Waals surface area contributed by atoms with Crippen molar-refractivity contribution in [3.05, 3.63) is 21.9 Å². The molecule has 0 saturated heterocycles. The molecule has 3 nitrogen and oxygen atoms in total. The lowest BCUT2D eigenvalue weighted by molar-refractivity contribution is -0.144. The van der Waals surface area contributed by atoms with Gasteiger partial charge in [0.05, 0.1) is 0 Å². The van der Waals surface area contributed by atoms with Gasteiger partial charge in [-0.2, -0.15) is 0 Å². The van der Waals surface area contributed by atoms with Crippen LogP contribution in [0.15, 0.2) is 11.4 Å². The molecule has 0 saturated carbocycles. The van der Waals surface area contributed by atoms with Crippen LogP contribution in [-0.2, 0) is 11.2 Å². The van der Waals surface area contributed by atoms with Crippen molar-refractivity contribution in [2.75, 3.05) is 13.1 Å². The number of hydrogen-bond donors (Lipinski definition) is 1. The van der Waals surface area contributed by atoms with Crippen LogP contribution in [0.4, 0.5) is 0 Å². The number of thiophene rings is 1. The first kappa shape index (κ1) is 11.6. The Bertz CT molecular complexity index is 386. The first-order chi connectivity index (χ1) is 7.59. The summed E-state index contributed by atoms with van der Waals surface area (Å²) < 4.78 is 0. The van der Waals surface area contributed by atoms with E-state index in [1.54, 1.807) is 11.3 Å². The van der Waals surface area contributed by atoms with E-state index in [-0.39, 0.29) is 0 Å². The van der Waals surface area contributed by atoms with E-state index in [1.807, 2.05) is 11.4 Å². The molecule has 16 heavy (non-hydrogen) atoms. The second kappa shape index (κ2) is 4.55. The van der Waals surface area contributed by atoms with E-state index in [2.05, 4.69) is 18.7 Å². The van der Waals surface area contributed by atoms with Gasteiger partial charge in [0.2, 0.25) is 0 Å². The fourth-order valence-corrected chi connectivity index (χ4v) is 3.23. The summed E-state index contributed by atoms with van der Waals surface area (Å²) in [5.41, 5.74) is 1.00. The Labute approximate surface area is 99.7 Å². The molecule has 2 heterocycles. The number of carbonyl (C=O) groups is 1. The van der Waals surface area contributed by atoms with Gasteiger partial charge < -0.3 is 5.11 Å². The molecule has 1 aliphatic rings. The predicted octanol–water partition coefficient (Wildman–Crippen LogP) is 2.39. The maximum atomic E-state index is 11.4. The third-order valence-corrected chi connectivity index (χ3v) is 3.90. The quantitative estimate of drug-likeness (QED) is 0.880. The summed E-state index contributed by atoms with van der Waals surface area (Å²) in [6, 6.07) is 1.53. The second-order valence-electron chi connectivity index (χ2n) is 4.68. The van der Waals surface area contributed by atoms with Crippen LogP contribution in [0.1, 0.15) is 30.3 Å². The molecule has 1 aromatic rings. The fourth-order valence-electron chi connectivity index (χ4n) is 2.32. The van der Waals surface area contributed by atoms with Gasteiger partial charge in [-0.25, -0.2) is 0 Å². The van der Waals surface area contributed by atoms with Crippen molar-refractivity contribution in [3.8, 4) is 0 Å². The number of aliphatic carboxylic acids is 1. The number of carboxylic acid groups (broad SMARTS) is 1. The van der Waals surface area contributed by atoms with Crippen LogP contribution in [0.2, 0.25) is 0 Å². The van der Waals surface area contributed by atoms with Gasteiger partial charge in [-0.3, -0.25) is 9.69 Å². The van der Waals surface area contributed by atoms with Crippen LogP contribution in [0, 0.1) is 5.92 Å². The van der Waals surface area contributed by atoms with Crippen molar-refractivity contribution < 1.29 is 9.90 Å². The molecule has 0 spiro atoms. The van der Waals surface area contributed by atoms with Gasteiger partial charge in [-0.05, 0) is 29.3 Å². The van der Waals surface area contributed by atoms with Crippen molar-refractivity contribution in [1.82, 2.24) is 4.90 Å². The smallest absolute Gasteiger partial charge is 0.325 e. The molecule has 1 N–H and O–H groups in total. The number of fused-ring (bicyclic) bond motifs is 1. The molecular formula is C12H17NO2S. The highest BCUT2D eigenvalue weighted by Gasteiger charge is 2.33. The van der Waals surface area contributed by atoms with Gasteiger partial charge in [0.25, 0.3) is 0 Å². The highest BCUT2D eigenvalue weighted by atomic mass is 32.1. The maximum Gasteiger partial charge on any atom is 0.325 e. The Morgan fingerprint density at radius 3 is 3.06 bits per heavy atom. The van der Waals surface area contributed by atoms with Gasteiger partial charge in [-0.1, -0.05) is 13.8 Å². The normalized spacial score (nSPS) is 21.1. The SMILES string of the molecule is CC(C)CN1CCc2sccc2C1C(=O)O. The van der Waals surface area contributed by atoms with Crippen molar-refractivity contribution in [2.45, 2.75) is 26.3 Å². The molecule has 0 radical (unpaired) electrons. The molecule has 1 atom stereocenters. The van der Waals surface area contributed by atoms with Gasteiger partial charge in [0, 0.05) is 18.0 Å². The Balaban J connectivity index is 2.27. The zero-order valence-electron chi connectivity index (χ0n) is 9.64. The minimum atomic E-state index is -0.722. The van der Waals surface area contributed by atoms with E-state index in [9.17, 15) is 9.90 Å². The van der Waals surface area contributed by atoms with Crippen molar-refractivity contribution >= 4 is 17.3 Å². The third kappa shape index (κ3) is 2.13. The van der Waals surface area contributed by atoms with E-state index in [0.29, 0.717) is 5.92 Å². The zero-order valence-corrected chi connectivity index (χ0v) is 10.5. The Kier molecular flexibility index (Phi) is 3.30. The van der Waals surface area contributed by atoms with Gasteiger partial charge in [-0.15, -0.1) is 11.3 Å². The minimum Gasteiger partial charge on any atom is -0.480 e. The molecule has 0 fully saturated rings. The average molecular weight is 239 g/mol. The monoisotopic (exact) mass is 239 g/mol. The number of rotatable bonds is 3. The Hall–Kier alpha value is -0.870. The van der Waals surface area contributed by atoms with Gasteiger partial charge in [0.15, 0.2) is 0 Å². The molecule has 0 aliphatic carbocycles. The summed E-state index contributed by atoms with van der Waals surface area (Å²) in [6.45, 7) is 5.97. The fraction of sp³-hybridized carbons (Fsp3) is 0.583. The summed E-state index contributed by atoms with van der Waals surface area (Å²) in [6.07, 6.45) is 0.990. The van der Waals surface area contributed by atoms with E-state index in [0.717, 1.165) is 25.1 Å². The van der Waals surface area contributed by atoms with Crippen molar-refractivity contribution in [2.24, 2.45) is 5.92 Å². The van der Waals surface area contributed by atoms with Crippen molar-refractivity contribution in [1.29, 1.82) is 0 Å². The summed E-state index contributed by atoms with van der Waals surface area (Å²) >= 11 is 1.68. The Morgan fingerprint density at radius 2 is 2.44 bits per heavy atom. The van der Waals surface area contributed by atoms with E-state index in [4.69, 9.17) is 0 Å². The van der Waals surface area contributed by atoms with Gasteiger partial charge >= 0.3 is 5.97 Å². The van der Waals surface area contributed by atoms with Gasteiger partial charge in [0.1, 0.15) is 6.04 Å². The van der Waals surface area contributed by atoms with Crippen LogP contribution in [0.3, 0.4) is 0 Å². The lowest BCUT2D eigenvalue weighted by atomic mass is 9.99. The molecule has 0 aromatic carbocycles. The van der Waals surface area contributed by atoms with E-state index >= 15 is 0 Å². The first-order valence-electron chi connectivity index (χ1n) is 5.62. The summed E-state index contributed by atoms with van der Waals surface area (Å²) in [7, 11) is 0. The molecular weight excluding hydrogens is 222 g/mol. The second-order valence-corrected chi connectivity index (χ2v) is 5.68. The summed E-state index contributed by atoms with van der Waals surface area (Å²) in [5.74, 6) is -0.220.